The Labute approximate surface area is 120 Å². The molecule has 0 heterocycles. The Kier molecular flexibility index (Phi) is 4.81. The van der Waals surface area contributed by atoms with Crippen molar-refractivity contribution in [3.8, 4) is 0 Å². The number of hydrogen-bond donors (Lipinski definition) is 0. The molecule has 4 nitrogen and oxygen atoms in total. The SMILES string of the molecule is CS(=O)(=O)c1ccc(C(=O)OC2CCCCCC2)cc1. The number of carbonyl (C=O) groups excluding carboxylic acids is 1. The van der Waals surface area contributed by atoms with Gasteiger partial charge in [0.05, 0.1) is 10.5 Å². The van der Waals surface area contributed by atoms with Crippen molar-refractivity contribution < 1.29 is 17.9 Å². The van der Waals surface area contributed by atoms with Gasteiger partial charge in [-0.15, -0.1) is 0 Å². The Hall–Kier alpha value is -1.36. The van der Waals surface area contributed by atoms with Crippen molar-refractivity contribution in [2.24, 2.45) is 0 Å². The third-order valence-corrected chi connectivity index (χ3v) is 4.72. The summed E-state index contributed by atoms with van der Waals surface area (Å²) in [5, 5.41) is 0. The second kappa shape index (κ2) is 6.39. The van der Waals surface area contributed by atoms with Crippen molar-refractivity contribution in [1.29, 1.82) is 0 Å². The third-order valence-electron chi connectivity index (χ3n) is 3.59. The van der Waals surface area contributed by atoms with Crippen LogP contribution in [0.5, 0.6) is 0 Å². The van der Waals surface area contributed by atoms with E-state index in [0.717, 1.165) is 31.9 Å². The highest BCUT2D eigenvalue weighted by atomic mass is 32.2. The van der Waals surface area contributed by atoms with Crippen molar-refractivity contribution in [2.75, 3.05) is 6.26 Å². The van der Waals surface area contributed by atoms with Gasteiger partial charge in [0.25, 0.3) is 0 Å². The highest BCUT2D eigenvalue weighted by Gasteiger charge is 2.18. The van der Waals surface area contributed by atoms with Gasteiger partial charge >= 0.3 is 5.97 Å². The van der Waals surface area contributed by atoms with E-state index in [1.165, 1.54) is 37.1 Å². The topological polar surface area (TPSA) is 60.4 Å². The van der Waals surface area contributed by atoms with Crippen molar-refractivity contribution >= 4 is 15.8 Å². The molecule has 0 amide bonds. The Morgan fingerprint density at radius 3 is 2.10 bits per heavy atom. The van der Waals surface area contributed by atoms with Crippen LogP contribution in [0.25, 0.3) is 0 Å². The molecule has 2 rings (SSSR count). The van der Waals surface area contributed by atoms with E-state index in [1.807, 2.05) is 0 Å². The predicted molar refractivity (Wildman–Crippen MR) is 76.5 cm³/mol. The Morgan fingerprint density at radius 2 is 1.60 bits per heavy atom. The lowest BCUT2D eigenvalue weighted by atomic mass is 10.1. The van der Waals surface area contributed by atoms with Crippen LogP contribution in [0.2, 0.25) is 0 Å². The standard InChI is InChI=1S/C15H20O4S/c1-20(17,18)14-10-8-12(9-11-14)15(16)19-13-6-4-2-3-5-7-13/h8-11,13H,2-7H2,1H3. The Balaban J connectivity index is 2.02. The lowest BCUT2D eigenvalue weighted by Gasteiger charge is -2.15. The zero-order valence-electron chi connectivity index (χ0n) is 11.7. The van der Waals surface area contributed by atoms with E-state index in [-0.39, 0.29) is 17.0 Å². The molecule has 1 aromatic carbocycles. The molecule has 0 aromatic heterocycles. The minimum absolute atomic E-state index is 0.000385. The Bertz CT molecular complexity index is 552. The number of sulfone groups is 1. The minimum atomic E-state index is -3.23. The van der Waals surface area contributed by atoms with Crippen LogP contribution >= 0.6 is 0 Å². The van der Waals surface area contributed by atoms with Gasteiger partial charge in [-0.25, -0.2) is 13.2 Å². The lowest BCUT2D eigenvalue weighted by molar-refractivity contribution is 0.0267. The highest BCUT2D eigenvalue weighted by molar-refractivity contribution is 7.90. The quantitative estimate of drug-likeness (QED) is 0.635. The number of rotatable bonds is 3. The van der Waals surface area contributed by atoms with Gasteiger partial charge in [-0.1, -0.05) is 12.8 Å². The molecule has 0 unspecified atom stereocenters. The fourth-order valence-electron chi connectivity index (χ4n) is 2.42. The van der Waals surface area contributed by atoms with Crippen LogP contribution in [0.15, 0.2) is 29.2 Å². The molecule has 1 aliphatic carbocycles. The molecule has 1 aromatic rings. The van der Waals surface area contributed by atoms with Crippen LogP contribution in [0.4, 0.5) is 0 Å². The fourth-order valence-corrected chi connectivity index (χ4v) is 3.05. The molecule has 5 heteroatoms. The van der Waals surface area contributed by atoms with E-state index in [0.29, 0.717) is 5.56 Å². The summed E-state index contributed by atoms with van der Waals surface area (Å²) in [6, 6.07) is 5.91. The number of benzene rings is 1. The van der Waals surface area contributed by atoms with Crippen molar-refractivity contribution in [3.63, 3.8) is 0 Å². The average molecular weight is 296 g/mol. The first-order valence-corrected chi connectivity index (χ1v) is 8.87. The van der Waals surface area contributed by atoms with Crippen LogP contribution < -0.4 is 0 Å². The molecule has 0 radical (unpaired) electrons. The van der Waals surface area contributed by atoms with Gasteiger partial charge in [0.1, 0.15) is 6.10 Å². The van der Waals surface area contributed by atoms with Gasteiger partial charge < -0.3 is 4.74 Å². The Morgan fingerprint density at radius 1 is 1.05 bits per heavy atom. The number of hydrogen-bond acceptors (Lipinski definition) is 4. The fraction of sp³-hybridized carbons (Fsp3) is 0.533. The highest BCUT2D eigenvalue weighted by Crippen LogP contribution is 2.21. The van der Waals surface area contributed by atoms with Crippen molar-refractivity contribution in [1.82, 2.24) is 0 Å². The molecular formula is C15H20O4S. The zero-order valence-corrected chi connectivity index (χ0v) is 12.5. The van der Waals surface area contributed by atoms with E-state index in [4.69, 9.17) is 4.74 Å². The summed E-state index contributed by atoms with van der Waals surface area (Å²) >= 11 is 0. The lowest BCUT2D eigenvalue weighted by Crippen LogP contribution is -2.17. The molecule has 1 saturated carbocycles. The summed E-state index contributed by atoms with van der Waals surface area (Å²) in [5.41, 5.74) is 0.404. The van der Waals surface area contributed by atoms with E-state index >= 15 is 0 Å². The maximum atomic E-state index is 12.0. The summed E-state index contributed by atoms with van der Waals surface area (Å²) < 4.78 is 28.2. The van der Waals surface area contributed by atoms with Crippen LogP contribution in [-0.4, -0.2) is 26.7 Å². The maximum Gasteiger partial charge on any atom is 0.338 e. The van der Waals surface area contributed by atoms with E-state index < -0.39 is 9.84 Å². The van der Waals surface area contributed by atoms with Crippen molar-refractivity contribution in [3.05, 3.63) is 29.8 Å². The van der Waals surface area contributed by atoms with Crippen LogP contribution in [0.1, 0.15) is 48.9 Å². The molecule has 0 saturated heterocycles. The molecule has 110 valence electrons. The molecule has 0 atom stereocenters. The predicted octanol–water partition coefficient (Wildman–Crippen LogP) is 2.97. The molecule has 0 aliphatic heterocycles. The first-order chi connectivity index (χ1) is 9.47. The van der Waals surface area contributed by atoms with E-state index in [1.54, 1.807) is 0 Å². The first kappa shape index (κ1) is 15.0. The van der Waals surface area contributed by atoms with E-state index in [9.17, 15) is 13.2 Å². The molecule has 0 bridgehead atoms. The third kappa shape index (κ3) is 4.07. The van der Waals surface area contributed by atoms with Crippen molar-refractivity contribution in [2.45, 2.75) is 49.5 Å². The molecule has 0 spiro atoms. The molecule has 1 aliphatic rings. The van der Waals surface area contributed by atoms with Gasteiger partial charge in [-0.3, -0.25) is 0 Å². The van der Waals surface area contributed by atoms with Gasteiger partial charge in [0.2, 0.25) is 0 Å². The summed E-state index contributed by atoms with van der Waals surface area (Å²) in [6.07, 6.45) is 7.61. The van der Waals surface area contributed by atoms with Crippen LogP contribution in [-0.2, 0) is 14.6 Å². The largest absolute Gasteiger partial charge is 0.459 e. The van der Waals surface area contributed by atoms with Gasteiger partial charge in [-0.05, 0) is 49.9 Å². The summed E-state index contributed by atoms with van der Waals surface area (Å²) in [6.45, 7) is 0. The average Bonchev–Trinajstić information content (AvgIpc) is 2.66. The van der Waals surface area contributed by atoms with Crippen LogP contribution in [0.3, 0.4) is 0 Å². The van der Waals surface area contributed by atoms with Gasteiger partial charge in [0.15, 0.2) is 9.84 Å². The second-order valence-electron chi connectivity index (χ2n) is 5.32. The molecule has 0 N–H and O–H groups in total. The number of ether oxygens (including phenoxy) is 1. The molecule has 1 fully saturated rings. The summed E-state index contributed by atoms with van der Waals surface area (Å²) in [4.78, 5) is 12.2. The monoisotopic (exact) mass is 296 g/mol. The van der Waals surface area contributed by atoms with Gasteiger partial charge in [-0.2, -0.15) is 0 Å². The first-order valence-electron chi connectivity index (χ1n) is 6.98. The smallest absolute Gasteiger partial charge is 0.338 e. The number of carbonyl (C=O) groups is 1. The number of esters is 1. The molecule has 20 heavy (non-hydrogen) atoms. The van der Waals surface area contributed by atoms with E-state index in [2.05, 4.69) is 0 Å². The summed E-state index contributed by atoms with van der Waals surface area (Å²) in [7, 11) is -3.23. The van der Waals surface area contributed by atoms with Gasteiger partial charge in [0, 0.05) is 6.26 Å². The second-order valence-corrected chi connectivity index (χ2v) is 7.33. The minimum Gasteiger partial charge on any atom is -0.459 e. The maximum absolute atomic E-state index is 12.0. The normalized spacial score (nSPS) is 17.4. The molecular weight excluding hydrogens is 276 g/mol. The van der Waals surface area contributed by atoms with Crippen LogP contribution in [0, 0.1) is 0 Å². The summed E-state index contributed by atoms with van der Waals surface area (Å²) in [5.74, 6) is -0.364. The zero-order chi connectivity index (χ0) is 14.6.